The van der Waals surface area contributed by atoms with Crippen LogP contribution in [0.25, 0.3) is 0 Å². The van der Waals surface area contributed by atoms with Crippen LogP contribution in [-0.2, 0) is 16.8 Å². The number of carbonyl (C=O) groups excluding carboxylic acids is 2. The summed E-state index contributed by atoms with van der Waals surface area (Å²) < 4.78 is 1.72. The molecule has 2 aliphatic rings. The van der Waals surface area contributed by atoms with E-state index in [0.29, 0.717) is 16.4 Å². The monoisotopic (exact) mass is 484 g/mol. The second kappa shape index (κ2) is 9.37. The van der Waals surface area contributed by atoms with Gasteiger partial charge in [-0.15, -0.1) is 0 Å². The molecule has 0 radical (unpaired) electrons. The van der Waals surface area contributed by atoms with Gasteiger partial charge < -0.3 is 5.32 Å². The molecule has 1 aromatic carbocycles. The minimum atomic E-state index is -1.14. The van der Waals surface area contributed by atoms with Crippen molar-refractivity contribution in [3.63, 3.8) is 0 Å². The molecule has 1 aromatic heterocycles. The summed E-state index contributed by atoms with van der Waals surface area (Å²) in [6.45, 7) is 10.3. The van der Waals surface area contributed by atoms with Crippen LogP contribution in [0.2, 0.25) is 5.02 Å². The molecule has 2 amide bonds. The number of halogens is 1. The number of rotatable bonds is 3. The summed E-state index contributed by atoms with van der Waals surface area (Å²) in [7, 11) is 0. The molecule has 7 heteroatoms. The first-order valence-electron chi connectivity index (χ1n) is 12.5. The molecule has 0 spiro atoms. The molecule has 184 valence electrons. The average Bonchev–Trinajstić information content (AvgIpc) is 3.17. The minimum Gasteiger partial charge on any atom is -0.351 e. The van der Waals surface area contributed by atoms with Crippen LogP contribution in [0.1, 0.15) is 94.4 Å². The van der Waals surface area contributed by atoms with E-state index in [-0.39, 0.29) is 29.8 Å². The zero-order valence-electron chi connectivity index (χ0n) is 21.1. The number of hydrogen-bond donors (Lipinski definition) is 1. The highest BCUT2D eigenvalue weighted by Crippen LogP contribution is 2.38. The number of benzene rings is 1. The lowest BCUT2D eigenvalue weighted by Crippen LogP contribution is -2.65. The highest BCUT2D eigenvalue weighted by molar-refractivity contribution is 6.32. The molecule has 1 atom stereocenters. The van der Waals surface area contributed by atoms with Crippen molar-refractivity contribution in [3.8, 4) is 0 Å². The molecule has 4 rings (SSSR count). The van der Waals surface area contributed by atoms with E-state index < -0.39 is 5.54 Å². The smallest absolute Gasteiger partial charge is 0.277 e. The molecule has 2 heterocycles. The van der Waals surface area contributed by atoms with Crippen molar-refractivity contribution in [1.29, 1.82) is 0 Å². The predicted molar refractivity (Wildman–Crippen MR) is 137 cm³/mol. The lowest BCUT2D eigenvalue weighted by molar-refractivity contribution is -0.127. The van der Waals surface area contributed by atoms with E-state index in [9.17, 15) is 9.59 Å². The van der Waals surface area contributed by atoms with Gasteiger partial charge in [-0.05, 0) is 50.5 Å². The van der Waals surface area contributed by atoms with Crippen LogP contribution in [0.4, 0.5) is 5.69 Å². The van der Waals surface area contributed by atoms with E-state index in [2.05, 4.69) is 26.1 Å². The van der Waals surface area contributed by atoms with Gasteiger partial charge in [0.05, 0.1) is 12.2 Å². The summed E-state index contributed by atoms with van der Waals surface area (Å²) in [5.41, 5.74) is 1.44. The standard InChI is InChI=1S/C27H37ClN4O2/c1-18-20(28)14-11-15-21(18)32-24(33)22-16-23(26(2,3)4)30-31(22)17-27(32,5)25(34)29-19-12-9-7-6-8-10-13-19/h11,14-16,19H,6-10,12-13,17H2,1-5H3,(H,29,34)/t27-/m0/s1. The summed E-state index contributed by atoms with van der Waals surface area (Å²) in [6, 6.07) is 7.50. The van der Waals surface area contributed by atoms with Gasteiger partial charge in [0.25, 0.3) is 5.91 Å². The normalized spacial score (nSPS) is 22.2. The Morgan fingerprint density at radius 3 is 2.44 bits per heavy atom. The molecule has 1 saturated carbocycles. The number of carbonyl (C=O) groups is 2. The maximum atomic E-state index is 14.0. The molecule has 0 unspecified atom stereocenters. The summed E-state index contributed by atoms with van der Waals surface area (Å²) in [4.78, 5) is 29.6. The van der Waals surface area contributed by atoms with Gasteiger partial charge in [-0.2, -0.15) is 5.10 Å². The van der Waals surface area contributed by atoms with E-state index in [0.717, 1.165) is 36.9 Å². The third-order valence-electron chi connectivity index (χ3n) is 7.33. The van der Waals surface area contributed by atoms with Gasteiger partial charge in [-0.1, -0.05) is 70.5 Å². The molecule has 1 aliphatic carbocycles. The molecule has 1 aliphatic heterocycles. The Balaban J connectivity index is 1.77. The Hall–Kier alpha value is -2.34. The Morgan fingerprint density at radius 2 is 1.79 bits per heavy atom. The van der Waals surface area contributed by atoms with Crippen LogP contribution in [0, 0.1) is 6.92 Å². The predicted octanol–water partition coefficient (Wildman–Crippen LogP) is 5.79. The maximum absolute atomic E-state index is 14.0. The molecule has 34 heavy (non-hydrogen) atoms. The van der Waals surface area contributed by atoms with Crippen molar-refractivity contribution < 1.29 is 9.59 Å². The van der Waals surface area contributed by atoms with Crippen molar-refractivity contribution in [2.24, 2.45) is 0 Å². The van der Waals surface area contributed by atoms with E-state index in [1.165, 1.54) is 19.3 Å². The molecular weight excluding hydrogens is 448 g/mol. The van der Waals surface area contributed by atoms with Gasteiger partial charge in [0, 0.05) is 22.2 Å². The number of hydrogen-bond acceptors (Lipinski definition) is 3. The Kier molecular flexibility index (Phi) is 6.83. The highest BCUT2D eigenvalue weighted by Gasteiger charge is 2.50. The molecule has 0 saturated heterocycles. The minimum absolute atomic E-state index is 0.131. The van der Waals surface area contributed by atoms with Crippen LogP contribution in [0.5, 0.6) is 0 Å². The lowest BCUT2D eigenvalue weighted by Gasteiger charge is -2.44. The first-order valence-corrected chi connectivity index (χ1v) is 12.9. The maximum Gasteiger partial charge on any atom is 0.277 e. The van der Waals surface area contributed by atoms with Gasteiger partial charge in [-0.3, -0.25) is 19.2 Å². The van der Waals surface area contributed by atoms with Crippen LogP contribution in [0.15, 0.2) is 24.3 Å². The summed E-state index contributed by atoms with van der Waals surface area (Å²) in [5.74, 6) is -0.362. The second-order valence-corrected chi connectivity index (χ2v) is 11.5. The fraction of sp³-hybridized carbons (Fsp3) is 0.593. The molecule has 1 N–H and O–H groups in total. The van der Waals surface area contributed by atoms with Gasteiger partial charge in [0.15, 0.2) is 0 Å². The fourth-order valence-electron chi connectivity index (χ4n) is 5.11. The van der Waals surface area contributed by atoms with Gasteiger partial charge in [0.2, 0.25) is 5.91 Å². The van der Waals surface area contributed by atoms with E-state index in [4.69, 9.17) is 16.7 Å². The molecule has 2 aromatic rings. The van der Waals surface area contributed by atoms with Crippen LogP contribution in [-0.4, -0.2) is 33.2 Å². The van der Waals surface area contributed by atoms with E-state index in [1.807, 2.05) is 38.1 Å². The first kappa shape index (κ1) is 24.8. The Morgan fingerprint density at radius 1 is 1.15 bits per heavy atom. The van der Waals surface area contributed by atoms with Crippen molar-refractivity contribution in [1.82, 2.24) is 15.1 Å². The topological polar surface area (TPSA) is 67.2 Å². The molecule has 1 fully saturated rings. The fourth-order valence-corrected chi connectivity index (χ4v) is 5.27. The van der Waals surface area contributed by atoms with Gasteiger partial charge >= 0.3 is 0 Å². The lowest BCUT2D eigenvalue weighted by atomic mass is 9.90. The van der Waals surface area contributed by atoms with Crippen LogP contribution in [0.3, 0.4) is 0 Å². The van der Waals surface area contributed by atoms with E-state index in [1.54, 1.807) is 9.58 Å². The van der Waals surface area contributed by atoms with Gasteiger partial charge in [-0.25, -0.2) is 0 Å². The number of anilines is 1. The van der Waals surface area contributed by atoms with Crippen LogP contribution < -0.4 is 10.2 Å². The van der Waals surface area contributed by atoms with Gasteiger partial charge in [0.1, 0.15) is 11.2 Å². The zero-order chi connectivity index (χ0) is 24.7. The Labute approximate surface area is 208 Å². The number of amides is 2. The van der Waals surface area contributed by atoms with Crippen molar-refractivity contribution in [2.45, 2.75) is 103 Å². The van der Waals surface area contributed by atoms with Crippen molar-refractivity contribution >= 4 is 29.1 Å². The first-order chi connectivity index (χ1) is 16.0. The molecular formula is C27H37ClN4O2. The SMILES string of the molecule is Cc1c(Cl)cccc1N1C(=O)c2cc(C(C)(C)C)nn2C[C@@]1(C)C(=O)NC1CCCCCCC1. The second-order valence-electron chi connectivity index (χ2n) is 11.1. The number of aromatic nitrogens is 2. The molecule has 0 bridgehead atoms. The van der Waals surface area contributed by atoms with Crippen molar-refractivity contribution in [3.05, 3.63) is 46.2 Å². The van der Waals surface area contributed by atoms with Crippen molar-refractivity contribution in [2.75, 3.05) is 4.90 Å². The highest BCUT2D eigenvalue weighted by atomic mass is 35.5. The third-order valence-corrected chi connectivity index (χ3v) is 7.74. The molecule has 6 nitrogen and oxygen atoms in total. The third kappa shape index (κ3) is 4.61. The Bertz CT molecular complexity index is 1080. The largest absolute Gasteiger partial charge is 0.351 e. The summed E-state index contributed by atoms with van der Waals surface area (Å²) in [5, 5.41) is 8.64. The summed E-state index contributed by atoms with van der Waals surface area (Å²) in [6.07, 6.45) is 7.89. The van der Waals surface area contributed by atoms with Crippen LogP contribution >= 0.6 is 11.6 Å². The number of nitrogens with one attached hydrogen (secondary N) is 1. The number of nitrogens with zero attached hydrogens (tertiary/aromatic N) is 3. The summed E-state index contributed by atoms with van der Waals surface area (Å²) >= 11 is 6.45. The number of fused-ring (bicyclic) bond motifs is 1. The van der Waals surface area contributed by atoms with E-state index >= 15 is 0 Å². The zero-order valence-corrected chi connectivity index (χ0v) is 21.8. The quantitative estimate of drug-likeness (QED) is 0.599. The average molecular weight is 485 g/mol.